The zero-order chi connectivity index (χ0) is 11.7. The normalized spacial score (nSPS) is 10.5. The predicted molar refractivity (Wildman–Crippen MR) is 69.9 cm³/mol. The Morgan fingerprint density at radius 1 is 1.06 bits per heavy atom. The summed E-state index contributed by atoms with van der Waals surface area (Å²) in [6.45, 7) is 1.87. The maximum absolute atomic E-state index is 5.98. The van der Waals surface area contributed by atoms with Gasteiger partial charge in [-0.25, -0.2) is 9.97 Å². The van der Waals surface area contributed by atoms with E-state index in [1.54, 1.807) is 12.1 Å². The smallest absolute Gasteiger partial charge is 0.161 e. The molecule has 0 aliphatic rings. The molecule has 0 aliphatic carbocycles. The van der Waals surface area contributed by atoms with Crippen LogP contribution >= 0.6 is 39.1 Å². The summed E-state index contributed by atoms with van der Waals surface area (Å²) < 4.78 is 0.729. The first kappa shape index (κ1) is 11.8. The molecule has 0 bridgehead atoms. The fourth-order valence-electron chi connectivity index (χ4n) is 1.25. The van der Waals surface area contributed by atoms with Gasteiger partial charge in [0.2, 0.25) is 0 Å². The van der Waals surface area contributed by atoms with Gasteiger partial charge < -0.3 is 0 Å². The summed E-state index contributed by atoms with van der Waals surface area (Å²) in [4.78, 5) is 8.55. The molecule has 0 unspecified atom stereocenters. The molecule has 5 heteroatoms. The SMILES string of the molecule is Cc1nc(-c2ccc(Cl)cc2)nc(Cl)c1Br. The van der Waals surface area contributed by atoms with Crippen molar-refractivity contribution in [1.82, 2.24) is 9.97 Å². The molecule has 0 saturated heterocycles. The van der Waals surface area contributed by atoms with Gasteiger partial charge in [-0.3, -0.25) is 0 Å². The van der Waals surface area contributed by atoms with E-state index in [0.717, 1.165) is 15.7 Å². The first-order valence-electron chi connectivity index (χ1n) is 4.53. The van der Waals surface area contributed by atoms with Gasteiger partial charge in [0, 0.05) is 10.6 Å². The summed E-state index contributed by atoms with van der Waals surface area (Å²) in [5, 5.41) is 1.10. The number of halogens is 3. The second kappa shape index (κ2) is 4.70. The van der Waals surface area contributed by atoms with E-state index in [9.17, 15) is 0 Å². The molecule has 1 aromatic carbocycles. The molecule has 0 N–H and O–H groups in total. The van der Waals surface area contributed by atoms with Gasteiger partial charge in [0.05, 0.1) is 10.2 Å². The minimum absolute atomic E-state index is 0.414. The molecule has 2 rings (SSSR count). The minimum Gasteiger partial charge on any atom is -0.232 e. The summed E-state index contributed by atoms with van der Waals surface area (Å²) in [6, 6.07) is 7.32. The quantitative estimate of drug-likeness (QED) is 0.723. The molecule has 0 aliphatic heterocycles. The van der Waals surface area contributed by atoms with Crippen LogP contribution < -0.4 is 0 Å². The molecule has 0 radical (unpaired) electrons. The van der Waals surface area contributed by atoms with Gasteiger partial charge in [0.25, 0.3) is 0 Å². The van der Waals surface area contributed by atoms with Crippen LogP contribution in [-0.4, -0.2) is 9.97 Å². The molecule has 2 nitrogen and oxygen atoms in total. The van der Waals surface area contributed by atoms with E-state index in [-0.39, 0.29) is 0 Å². The van der Waals surface area contributed by atoms with E-state index >= 15 is 0 Å². The van der Waals surface area contributed by atoms with Crippen molar-refractivity contribution in [3.05, 3.63) is 44.6 Å². The van der Waals surface area contributed by atoms with Crippen molar-refractivity contribution in [1.29, 1.82) is 0 Å². The van der Waals surface area contributed by atoms with Crippen LogP contribution in [0.2, 0.25) is 10.2 Å². The Balaban J connectivity index is 2.52. The Labute approximate surface area is 112 Å². The Bertz CT molecular complexity index is 503. The lowest BCUT2D eigenvalue weighted by atomic mass is 10.2. The largest absolute Gasteiger partial charge is 0.232 e. The molecule has 1 heterocycles. The summed E-state index contributed by atoms with van der Waals surface area (Å²) in [6.07, 6.45) is 0. The Morgan fingerprint density at radius 3 is 2.25 bits per heavy atom. The van der Waals surface area contributed by atoms with Gasteiger partial charge in [0.1, 0.15) is 5.15 Å². The van der Waals surface area contributed by atoms with Crippen LogP contribution in [0.5, 0.6) is 0 Å². The van der Waals surface area contributed by atoms with E-state index in [1.165, 1.54) is 0 Å². The number of aromatic nitrogens is 2. The van der Waals surface area contributed by atoms with E-state index in [1.807, 2.05) is 19.1 Å². The Hall–Kier alpha value is -0.640. The molecule has 0 spiro atoms. The van der Waals surface area contributed by atoms with E-state index < -0.39 is 0 Å². The van der Waals surface area contributed by atoms with Crippen LogP contribution in [0, 0.1) is 6.92 Å². The highest BCUT2D eigenvalue weighted by molar-refractivity contribution is 9.10. The van der Waals surface area contributed by atoms with Crippen molar-refractivity contribution < 1.29 is 0 Å². The topological polar surface area (TPSA) is 25.8 Å². The van der Waals surface area contributed by atoms with Crippen LogP contribution in [-0.2, 0) is 0 Å². The molecule has 0 amide bonds. The van der Waals surface area contributed by atoms with Crippen molar-refractivity contribution in [3.63, 3.8) is 0 Å². The molecule has 2 aromatic rings. The van der Waals surface area contributed by atoms with Crippen LogP contribution in [0.1, 0.15) is 5.69 Å². The molecule has 0 atom stereocenters. The lowest BCUT2D eigenvalue weighted by molar-refractivity contribution is 1.09. The lowest BCUT2D eigenvalue weighted by Crippen LogP contribution is -1.94. The average Bonchev–Trinajstić information content (AvgIpc) is 2.26. The molecular formula is C11H7BrCl2N2. The van der Waals surface area contributed by atoms with Gasteiger partial charge in [-0.2, -0.15) is 0 Å². The standard InChI is InChI=1S/C11H7BrCl2N2/c1-6-9(12)10(14)16-11(15-6)7-2-4-8(13)5-3-7/h2-5H,1H3. The van der Waals surface area contributed by atoms with Crippen molar-refractivity contribution in [2.75, 3.05) is 0 Å². The summed E-state index contributed by atoms with van der Waals surface area (Å²) >= 11 is 15.1. The van der Waals surface area contributed by atoms with Crippen molar-refractivity contribution in [2.24, 2.45) is 0 Å². The lowest BCUT2D eigenvalue weighted by Gasteiger charge is -2.04. The number of rotatable bonds is 1. The zero-order valence-electron chi connectivity index (χ0n) is 8.34. The molecule has 16 heavy (non-hydrogen) atoms. The highest BCUT2D eigenvalue weighted by Crippen LogP contribution is 2.26. The Kier molecular flexibility index (Phi) is 3.47. The molecule has 0 saturated carbocycles. The van der Waals surface area contributed by atoms with Crippen molar-refractivity contribution in [2.45, 2.75) is 6.92 Å². The van der Waals surface area contributed by atoms with Crippen LogP contribution in [0.15, 0.2) is 28.7 Å². The third kappa shape index (κ3) is 2.37. The average molecular weight is 318 g/mol. The minimum atomic E-state index is 0.414. The summed E-state index contributed by atoms with van der Waals surface area (Å²) in [5.41, 5.74) is 1.70. The molecule has 82 valence electrons. The van der Waals surface area contributed by atoms with E-state index in [2.05, 4.69) is 25.9 Å². The Morgan fingerprint density at radius 2 is 1.69 bits per heavy atom. The van der Waals surface area contributed by atoms with Crippen LogP contribution in [0.4, 0.5) is 0 Å². The highest BCUT2D eigenvalue weighted by atomic mass is 79.9. The number of nitrogens with zero attached hydrogens (tertiary/aromatic N) is 2. The van der Waals surface area contributed by atoms with Gasteiger partial charge in [0.15, 0.2) is 5.82 Å². The number of benzene rings is 1. The van der Waals surface area contributed by atoms with Crippen molar-refractivity contribution >= 4 is 39.1 Å². The van der Waals surface area contributed by atoms with E-state index in [4.69, 9.17) is 23.2 Å². The van der Waals surface area contributed by atoms with Gasteiger partial charge in [-0.15, -0.1) is 0 Å². The third-order valence-corrected chi connectivity index (χ3v) is 3.78. The number of hydrogen-bond acceptors (Lipinski definition) is 2. The third-order valence-electron chi connectivity index (χ3n) is 2.08. The number of aryl methyl sites for hydroxylation is 1. The first-order chi connectivity index (χ1) is 7.58. The number of hydrogen-bond donors (Lipinski definition) is 0. The summed E-state index contributed by atoms with van der Waals surface area (Å²) in [7, 11) is 0. The highest BCUT2D eigenvalue weighted by Gasteiger charge is 2.08. The zero-order valence-corrected chi connectivity index (χ0v) is 11.4. The van der Waals surface area contributed by atoms with Gasteiger partial charge >= 0.3 is 0 Å². The molecular weight excluding hydrogens is 311 g/mol. The van der Waals surface area contributed by atoms with Gasteiger partial charge in [-0.1, -0.05) is 23.2 Å². The predicted octanol–water partition coefficient (Wildman–Crippen LogP) is 4.52. The molecule has 1 aromatic heterocycles. The second-order valence-electron chi connectivity index (χ2n) is 3.24. The first-order valence-corrected chi connectivity index (χ1v) is 6.08. The summed E-state index contributed by atoms with van der Waals surface area (Å²) in [5.74, 6) is 0.599. The van der Waals surface area contributed by atoms with Crippen LogP contribution in [0.3, 0.4) is 0 Å². The van der Waals surface area contributed by atoms with Crippen LogP contribution in [0.25, 0.3) is 11.4 Å². The monoisotopic (exact) mass is 316 g/mol. The second-order valence-corrected chi connectivity index (χ2v) is 4.83. The fraction of sp³-hybridized carbons (Fsp3) is 0.0909. The maximum atomic E-state index is 5.98. The van der Waals surface area contributed by atoms with Gasteiger partial charge in [-0.05, 0) is 47.1 Å². The molecule has 0 fully saturated rings. The van der Waals surface area contributed by atoms with E-state index in [0.29, 0.717) is 16.0 Å². The van der Waals surface area contributed by atoms with Crippen molar-refractivity contribution in [3.8, 4) is 11.4 Å². The fourth-order valence-corrected chi connectivity index (χ4v) is 1.77. The maximum Gasteiger partial charge on any atom is 0.161 e.